The lowest BCUT2D eigenvalue weighted by molar-refractivity contribution is -0.127. The summed E-state index contributed by atoms with van der Waals surface area (Å²) in [4.78, 5) is 12.0. The number of rotatable bonds is 8. The SMILES string of the molecule is CCCCCNC(=O)C(C)Oc1c(C)cc(Br)cc1CN. The van der Waals surface area contributed by atoms with Crippen LogP contribution in [0.4, 0.5) is 0 Å². The zero-order valence-electron chi connectivity index (χ0n) is 13.0. The minimum absolute atomic E-state index is 0.0867. The maximum atomic E-state index is 12.0. The Hall–Kier alpha value is -1.07. The van der Waals surface area contributed by atoms with E-state index in [0.717, 1.165) is 34.9 Å². The highest BCUT2D eigenvalue weighted by Crippen LogP contribution is 2.28. The zero-order valence-corrected chi connectivity index (χ0v) is 14.6. The van der Waals surface area contributed by atoms with E-state index in [4.69, 9.17) is 10.5 Å². The van der Waals surface area contributed by atoms with Crippen molar-refractivity contribution in [1.82, 2.24) is 5.32 Å². The van der Waals surface area contributed by atoms with E-state index in [2.05, 4.69) is 28.2 Å². The van der Waals surface area contributed by atoms with Crippen LogP contribution in [0.2, 0.25) is 0 Å². The Morgan fingerprint density at radius 3 is 2.76 bits per heavy atom. The predicted octanol–water partition coefficient (Wildman–Crippen LogP) is 3.29. The van der Waals surface area contributed by atoms with Crippen LogP contribution in [0.3, 0.4) is 0 Å². The molecule has 0 radical (unpaired) electrons. The first-order chi connectivity index (χ1) is 9.99. The molecule has 3 N–H and O–H groups in total. The second-order valence-electron chi connectivity index (χ2n) is 5.17. The van der Waals surface area contributed by atoms with Gasteiger partial charge in [-0.3, -0.25) is 4.79 Å². The smallest absolute Gasteiger partial charge is 0.260 e. The van der Waals surface area contributed by atoms with Gasteiger partial charge in [0.1, 0.15) is 5.75 Å². The van der Waals surface area contributed by atoms with Crippen LogP contribution in [0.15, 0.2) is 16.6 Å². The number of carbonyl (C=O) groups excluding carboxylic acids is 1. The number of carbonyl (C=O) groups is 1. The quantitative estimate of drug-likeness (QED) is 0.702. The summed E-state index contributed by atoms with van der Waals surface area (Å²) in [6.45, 7) is 6.92. The summed E-state index contributed by atoms with van der Waals surface area (Å²) in [5.41, 5.74) is 7.62. The molecule has 0 aliphatic rings. The number of ether oxygens (including phenoxy) is 1. The van der Waals surface area contributed by atoms with E-state index >= 15 is 0 Å². The first kappa shape index (κ1) is 18.0. The van der Waals surface area contributed by atoms with Crippen molar-refractivity contribution >= 4 is 21.8 Å². The fourth-order valence-corrected chi connectivity index (χ4v) is 2.70. The molecule has 0 aromatic heterocycles. The van der Waals surface area contributed by atoms with Gasteiger partial charge in [0, 0.05) is 23.1 Å². The van der Waals surface area contributed by atoms with Gasteiger partial charge in [-0.25, -0.2) is 0 Å². The van der Waals surface area contributed by atoms with Gasteiger partial charge in [0.25, 0.3) is 5.91 Å². The van der Waals surface area contributed by atoms with Crippen LogP contribution in [0.1, 0.15) is 44.2 Å². The van der Waals surface area contributed by atoms with E-state index in [1.54, 1.807) is 6.92 Å². The van der Waals surface area contributed by atoms with Gasteiger partial charge in [-0.2, -0.15) is 0 Å². The van der Waals surface area contributed by atoms with Crippen LogP contribution in [0, 0.1) is 6.92 Å². The lowest BCUT2D eigenvalue weighted by Crippen LogP contribution is -2.37. The van der Waals surface area contributed by atoms with E-state index in [-0.39, 0.29) is 5.91 Å². The van der Waals surface area contributed by atoms with Crippen molar-refractivity contribution in [3.8, 4) is 5.75 Å². The second-order valence-corrected chi connectivity index (χ2v) is 6.09. The molecule has 1 aromatic rings. The Morgan fingerprint density at radius 2 is 2.14 bits per heavy atom. The van der Waals surface area contributed by atoms with Crippen molar-refractivity contribution in [1.29, 1.82) is 0 Å². The Kier molecular flexibility index (Phi) is 7.75. The number of aryl methyl sites for hydroxylation is 1. The van der Waals surface area contributed by atoms with Crippen LogP contribution < -0.4 is 15.8 Å². The van der Waals surface area contributed by atoms with Crippen LogP contribution >= 0.6 is 15.9 Å². The Morgan fingerprint density at radius 1 is 1.43 bits per heavy atom. The number of nitrogens with one attached hydrogen (secondary N) is 1. The molecule has 0 heterocycles. The zero-order chi connectivity index (χ0) is 15.8. The number of benzene rings is 1. The fraction of sp³-hybridized carbons (Fsp3) is 0.562. The van der Waals surface area contributed by atoms with Crippen molar-refractivity contribution in [3.05, 3.63) is 27.7 Å². The molecule has 0 fully saturated rings. The topological polar surface area (TPSA) is 64.3 Å². The van der Waals surface area contributed by atoms with E-state index in [0.29, 0.717) is 18.8 Å². The standard InChI is InChI=1S/C16H25BrN2O2/c1-4-5-6-7-19-16(20)12(3)21-15-11(2)8-14(17)9-13(15)10-18/h8-9,12H,4-7,10,18H2,1-3H3,(H,19,20). The summed E-state index contributed by atoms with van der Waals surface area (Å²) >= 11 is 3.44. The lowest BCUT2D eigenvalue weighted by atomic mass is 10.1. The number of amides is 1. The molecule has 5 heteroatoms. The molecule has 21 heavy (non-hydrogen) atoms. The van der Waals surface area contributed by atoms with Gasteiger partial charge in [-0.1, -0.05) is 35.7 Å². The third-order valence-electron chi connectivity index (χ3n) is 3.28. The van der Waals surface area contributed by atoms with E-state index < -0.39 is 6.10 Å². The third-order valence-corrected chi connectivity index (χ3v) is 3.74. The normalized spacial score (nSPS) is 12.0. The largest absolute Gasteiger partial charge is 0.480 e. The van der Waals surface area contributed by atoms with Crippen molar-refractivity contribution in [2.75, 3.05) is 6.54 Å². The molecule has 0 aliphatic carbocycles. The van der Waals surface area contributed by atoms with Gasteiger partial charge in [0.2, 0.25) is 0 Å². The Labute approximate surface area is 135 Å². The average Bonchev–Trinajstić information content (AvgIpc) is 2.45. The molecule has 0 saturated carbocycles. The number of halogens is 1. The average molecular weight is 357 g/mol. The highest BCUT2D eigenvalue weighted by atomic mass is 79.9. The molecule has 1 unspecified atom stereocenters. The van der Waals surface area contributed by atoms with Gasteiger partial charge in [0.05, 0.1) is 0 Å². The molecule has 0 aliphatic heterocycles. The molecular formula is C16H25BrN2O2. The molecule has 1 atom stereocenters. The molecule has 1 rings (SSSR count). The summed E-state index contributed by atoms with van der Waals surface area (Å²) < 4.78 is 6.79. The second kappa shape index (κ2) is 9.05. The molecule has 4 nitrogen and oxygen atoms in total. The first-order valence-electron chi connectivity index (χ1n) is 7.43. The lowest BCUT2D eigenvalue weighted by Gasteiger charge is -2.19. The number of hydrogen-bond acceptors (Lipinski definition) is 3. The van der Waals surface area contributed by atoms with Crippen molar-refractivity contribution in [2.45, 2.75) is 52.7 Å². The van der Waals surface area contributed by atoms with E-state index in [9.17, 15) is 4.79 Å². The van der Waals surface area contributed by atoms with Crippen LogP contribution in [0.5, 0.6) is 5.75 Å². The van der Waals surface area contributed by atoms with Gasteiger partial charge in [-0.15, -0.1) is 0 Å². The summed E-state index contributed by atoms with van der Waals surface area (Å²) in [6.07, 6.45) is 2.73. The van der Waals surface area contributed by atoms with Gasteiger partial charge >= 0.3 is 0 Å². The third kappa shape index (κ3) is 5.67. The molecule has 1 amide bonds. The number of unbranched alkanes of at least 4 members (excludes halogenated alkanes) is 2. The first-order valence-corrected chi connectivity index (χ1v) is 8.22. The molecule has 118 valence electrons. The highest BCUT2D eigenvalue weighted by Gasteiger charge is 2.17. The Balaban J connectivity index is 2.65. The molecule has 0 spiro atoms. The number of hydrogen-bond donors (Lipinski definition) is 2. The monoisotopic (exact) mass is 356 g/mol. The van der Waals surface area contributed by atoms with Gasteiger partial charge in [-0.05, 0) is 38.0 Å². The van der Waals surface area contributed by atoms with Crippen molar-refractivity contribution < 1.29 is 9.53 Å². The molecule has 0 saturated heterocycles. The summed E-state index contributed by atoms with van der Waals surface area (Å²) in [7, 11) is 0. The minimum Gasteiger partial charge on any atom is -0.480 e. The fourth-order valence-electron chi connectivity index (χ4n) is 2.08. The van der Waals surface area contributed by atoms with Crippen LogP contribution in [-0.2, 0) is 11.3 Å². The van der Waals surface area contributed by atoms with E-state index in [1.165, 1.54) is 0 Å². The van der Waals surface area contributed by atoms with Gasteiger partial charge in [0.15, 0.2) is 6.10 Å². The molecule has 1 aromatic carbocycles. The molecule has 0 bridgehead atoms. The number of nitrogens with two attached hydrogens (primary N) is 1. The van der Waals surface area contributed by atoms with Gasteiger partial charge < -0.3 is 15.8 Å². The van der Waals surface area contributed by atoms with Crippen LogP contribution in [0.25, 0.3) is 0 Å². The summed E-state index contributed by atoms with van der Waals surface area (Å²) in [5.74, 6) is 0.619. The highest BCUT2D eigenvalue weighted by molar-refractivity contribution is 9.10. The van der Waals surface area contributed by atoms with Crippen molar-refractivity contribution in [3.63, 3.8) is 0 Å². The Bertz CT molecular complexity index is 478. The maximum Gasteiger partial charge on any atom is 0.260 e. The summed E-state index contributed by atoms with van der Waals surface area (Å²) in [5, 5.41) is 2.90. The maximum absolute atomic E-state index is 12.0. The van der Waals surface area contributed by atoms with Crippen molar-refractivity contribution in [2.24, 2.45) is 5.73 Å². The van der Waals surface area contributed by atoms with E-state index in [1.807, 2.05) is 19.1 Å². The molecular weight excluding hydrogens is 332 g/mol. The predicted molar refractivity (Wildman–Crippen MR) is 89.4 cm³/mol. The summed E-state index contributed by atoms with van der Waals surface area (Å²) in [6, 6.07) is 3.88. The minimum atomic E-state index is -0.531. The van der Waals surface area contributed by atoms with Crippen LogP contribution in [-0.4, -0.2) is 18.6 Å².